The zero-order valence-corrected chi connectivity index (χ0v) is 9.90. The summed E-state index contributed by atoms with van der Waals surface area (Å²) in [7, 11) is 0. The Morgan fingerprint density at radius 3 is 2.12 bits per heavy atom. The predicted molar refractivity (Wildman–Crippen MR) is 59.5 cm³/mol. The average molecular weight is 223 g/mol. The van der Waals surface area contributed by atoms with Crippen LogP contribution in [0.15, 0.2) is 12.2 Å². The highest BCUT2D eigenvalue weighted by Gasteiger charge is 2.31. The van der Waals surface area contributed by atoms with Gasteiger partial charge in [-0.3, -0.25) is 19.3 Å². The Balaban J connectivity index is 2.72. The summed E-state index contributed by atoms with van der Waals surface area (Å²) in [6, 6.07) is -0.301. The van der Waals surface area contributed by atoms with Crippen LogP contribution in [0.4, 0.5) is 0 Å². The predicted octanol–water partition coefficient (Wildman–Crippen LogP) is 1.31. The van der Waals surface area contributed by atoms with E-state index in [-0.39, 0.29) is 36.0 Å². The molecule has 1 atom stereocenters. The van der Waals surface area contributed by atoms with Crippen molar-refractivity contribution in [2.75, 3.05) is 0 Å². The van der Waals surface area contributed by atoms with Gasteiger partial charge < -0.3 is 0 Å². The first-order chi connectivity index (χ1) is 7.47. The van der Waals surface area contributed by atoms with Gasteiger partial charge in [0, 0.05) is 30.5 Å². The molecule has 0 aromatic carbocycles. The number of Topliss-reactive ketones (excluding diaryl/α,β-unsaturated/α-hetero) is 1. The Hall–Kier alpha value is -1.45. The fraction of sp³-hybridized carbons (Fsp3) is 0.583. The molecule has 16 heavy (non-hydrogen) atoms. The molecule has 1 aliphatic heterocycles. The molecule has 0 spiro atoms. The minimum absolute atomic E-state index is 0.0604. The lowest BCUT2D eigenvalue weighted by Crippen LogP contribution is -2.41. The summed E-state index contributed by atoms with van der Waals surface area (Å²) in [5.74, 6) is -0.601. The van der Waals surface area contributed by atoms with Gasteiger partial charge in [0.15, 0.2) is 0 Å². The molecule has 4 nitrogen and oxygen atoms in total. The summed E-state index contributed by atoms with van der Waals surface area (Å²) >= 11 is 0. The zero-order valence-electron chi connectivity index (χ0n) is 9.90. The minimum atomic E-state index is -0.312. The molecular weight excluding hydrogens is 206 g/mol. The van der Waals surface area contributed by atoms with Gasteiger partial charge >= 0.3 is 0 Å². The van der Waals surface area contributed by atoms with E-state index in [1.54, 1.807) is 0 Å². The van der Waals surface area contributed by atoms with Crippen molar-refractivity contribution in [1.82, 2.24) is 4.90 Å². The van der Waals surface area contributed by atoms with Crippen molar-refractivity contribution in [3.05, 3.63) is 12.2 Å². The number of hydrogen-bond donors (Lipinski definition) is 0. The van der Waals surface area contributed by atoms with Crippen LogP contribution in [0, 0.1) is 5.92 Å². The highest BCUT2D eigenvalue weighted by Crippen LogP contribution is 2.17. The maximum absolute atomic E-state index is 11.6. The van der Waals surface area contributed by atoms with Gasteiger partial charge in [-0.25, -0.2) is 0 Å². The SMILES string of the molecule is CCC(CC(=O)C(C)C)N1C(=O)C=CC1=O. The number of rotatable bonds is 5. The van der Waals surface area contributed by atoms with E-state index < -0.39 is 0 Å². The molecule has 1 rings (SSSR count). The Morgan fingerprint density at radius 1 is 1.25 bits per heavy atom. The maximum atomic E-state index is 11.6. The molecule has 2 amide bonds. The fourth-order valence-electron chi connectivity index (χ4n) is 1.66. The first-order valence-electron chi connectivity index (χ1n) is 5.55. The van der Waals surface area contributed by atoms with Crippen molar-refractivity contribution in [1.29, 1.82) is 0 Å². The van der Waals surface area contributed by atoms with Gasteiger partial charge in [0.1, 0.15) is 5.78 Å². The van der Waals surface area contributed by atoms with Gasteiger partial charge in [-0.05, 0) is 6.42 Å². The summed E-state index contributed by atoms with van der Waals surface area (Å²) in [4.78, 5) is 35.7. The second-order valence-electron chi connectivity index (χ2n) is 4.27. The normalized spacial score (nSPS) is 17.4. The third-order valence-electron chi connectivity index (χ3n) is 2.76. The molecule has 0 aliphatic carbocycles. The van der Waals surface area contributed by atoms with Crippen LogP contribution in [-0.4, -0.2) is 28.5 Å². The highest BCUT2D eigenvalue weighted by atomic mass is 16.2. The molecule has 0 aromatic heterocycles. The molecule has 0 bridgehead atoms. The minimum Gasteiger partial charge on any atom is -0.299 e. The monoisotopic (exact) mass is 223 g/mol. The molecule has 0 saturated carbocycles. The topological polar surface area (TPSA) is 54.5 Å². The molecule has 0 radical (unpaired) electrons. The first kappa shape index (κ1) is 12.6. The Kier molecular flexibility index (Phi) is 3.99. The molecule has 4 heteroatoms. The van der Waals surface area contributed by atoms with Crippen LogP contribution in [0.2, 0.25) is 0 Å². The van der Waals surface area contributed by atoms with E-state index in [9.17, 15) is 14.4 Å². The van der Waals surface area contributed by atoms with E-state index in [0.717, 1.165) is 0 Å². The average Bonchev–Trinajstić information content (AvgIpc) is 2.55. The molecule has 0 fully saturated rings. The number of carbonyl (C=O) groups is 3. The second-order valence-corrected chi connectivity index (χ2v) is 4.27. The van der Waals surface area contributed by atoms with Crippen LogP contribution in [0.25, 0.3) is 0 Å². The van der Waals surface area contributed by atoms with Crippen molar-refractivity contribution in [2.24, 2.45) is 5.92 Å². The number of carbonyl (C=O) groups excluding carboxylic acids is 3. The molecule has 1 unspecified atom stereocenters. The van der Waals surface area contributed by atoms with E-state index in [1.807, 2.05) is 20.8 Å². The van der Waals surface area contributed by atoms with Crippen molar-refractivity contribution in [3.63, 3.8) is 0 Å². The van der Waals surface area contributed by atoms with Crippen LogP contribution in [-0.2, 0) is 14.4 Å². The van der Waals surface area contributed by atoms with Crippen LogP contribution >= 0.6 is 0 Å². The lowest BCUT2D eigenvalue weighted by molar-refractivity contribution is -0.140. The van der Waals surface area contributed by atoms with Gasteiger partial charge in [-0.2, -0.15) is 0 Å². The van der Waals surface area contributed by atoms with E-state index in [1.165, 1.54) is 17.1 Å². The number of amides is 2. The van der Waals surface area contributed by atoms with Gasteiger partial charge in [-0.1, -0.05) is 20.8 Å². The third kappa shape index (κ3) is 2.56. The van der Waals surface area contributed by atoms with Gasteiger partial charge in [0.2, 0.25) is 0 Å². The number of ketones is 1. The Labute approximate surface area is 95.3 Å². The quantitative estimate of drug-likeness (QED) is 0.660. The van der Waals surface area contributed by atoms with E-state index >= 15 is 0 Å². The van der Waals surface area contributed by atoms with Crippen LogP contribution in [0.3, 0.4) is 0 Å². The fourth-order valence-corrected chi connectivity index (χ4v) is 1.66. The van der Waals surface area contributed by atoms with Gasteiger partial charge in [0.05, 0.1) is 0 Å². The molecule has 1 heterocycles. The van der Waals surface area contributed by atoms with Crippen LogP contribution < -0.4 is 0 Å². The van der Waals surface area contributed by atoms with Crippen LogP contribution in [0.1, 0.15) is 33.6 Å². The lowest BCUT2D eigenvalue weighted by atomic mass is 9.99. The molecule has 88 valence electrons. The lowest BCUT2D eigenvalue weighted by Gasteiger charge is -2.25. The summed E-state index contributed by atoms with van der Waals surface area (Å²) in [5.41, 5.74) is 0. The Morgan fingerprint density at radius 2 is 1.75 bits per heavy atom. The summed E-state index contributed by atoms with van der Waals surface area (Å²) in [5, 5.41) is 0. The molecule has 0 saturated heterocycles. The number of nitrogens with zero attached hydrogens (tertiary/aromatic N) is 1. The zero-order chi connectivity index (χ0) is 12.3. The van der Waals surface area contributed by atoms with Gasteiger partial charge in [0.25, 0.3) is 11.8 Å². The number of imide groups is 1. The molecule has 0 aromatic rings. The summed E-state index contributed by atoms with van der Waals surface area (Å²) < 4.78 is 0. The third-order valence-corrected chi connectivity index (χ3v) is 2.76. The van der Waals surface area contributed by atoms with Crippen molar-refractivity contribution in [2.45, 2.75) is 39.7 Å². The highest BCUT2D eigenvalue weighted by molar-refractivity contribution is 6.13. The second kappa shape index (κ2) is 5.05. The summed E-state index contributed by atoms with van der Waals surface area (Å²) in [6.45, 7) is 5.51. The van der Waals surface area contributed by atoms with Crippen LogP contribution in [0.5, 0.6) is 0 Å². The van der Waals surface area contributed by atoms with Gasteiger partial charge in [-0.15, -0.1) is 0 Å². The standard InChI is InChI=1S/C12H17NO3/c1-4-9(7-10(14)8(2)3)13-11(15)5-6-12(13)16/h5-6,8-9H,4,7H2,1-3H3. The largest absolute Gasteiger partial charge is 0.299 e. The molecule has 0 N–H and O–H groups in total. The first-order valence-corrected chi connectivity index (χ1v) is 5.55. The van der Waals surface area contributed by atoms with Crippen molar-refractivity contribution >= 4 is 17.6 Å². The molecular formula is C12H17NO3. The maximum Gasteiger partial charge on any atom is 0.253 e. The van der Waals surface area contributed by atoms with E-state index in [0.29, 0.717) is 6.42 Å². The smallest absolute Gasteiger partial charge is 0.253 e. The Bertz CT molecular complexity index is 326. The van der Waals surface area contributed by atoms with Crippen molar-refractivity contribution in [3.8, 4) is 0 Å². The summed E-state index contributed by atoms with van der Waals surface area (Å²) in [6.07, 6.45) is 3.38. The van der Waals surface area contributed by atoms with E-state index in [2.05, 4.69) is 0 Å². The van der Waals surface area contributed by atoms with Crippen molar-refractivity contribution < 1.29 is 14.4 Å². The molecule has 1 aliphatic rings. The number of hydrogen-bond acceptors (Lipinski definition) is 3. The van der Waals surface area contributed by atoms with E-state index in [4.69, 9.17) is 0 Å².